The highest BCUT2D eigenvalue weighted by Crippen LogP contribution is 2.27. The lowest BCUT2D eigenvalue weighted by molar-refractivity contribution is -0.122. The molecule has 1 heterocycles. The van der Waals surface area contributed by atoms with Crippen molar-refractivity contribution in [2.24, 2.45) is 5.92 Å². The summed E-state index contributed by atoms with van der Waals surface area (Å²) in [6, 6.07) is 14.0. The Morgan fingerprint density at radius 1 is 1.17 bits per heavy atom. The summed E-state index contributed by atoms with van der Waals surface area (Å²) in [4.78, 5) is 38.8. The number of carbonyl (C=O) groups excluding carboxylic acids is 3. The first kappa shape index (κ1) is 20.4. The molecule has 7 heteroatoms. The van der Waals surface area contributed by atoms with Crippen LogP contribution in [0.3, 0.4) is 0 Å². The van der Waals surface area contributed by atoms with Crippen molar-refractivity contribution in [1.29, 1.82) is 0 Å². The molecule has 2 N–H and O–H groups in total. The molecule has 152 valence electrons. The van der Waals surface area contributed by atoms with E-state index < -0.39 is 5.92 Å². The zero-order valence-corrected chi connectivity index (χ0v) is 16.6. The van der Waals surface area contributed by atoms with Crippen LogP contribution in [0.25, 0.3) is 0 Å². The molecule has 0 spiro atoms. The zero-order chi connectivity index (χ0) is 20.8. The Morgan fingerprint density at radius 3 is 2.62 bits per heavy atom. The fourth-order valence-electron chi connectivity index (χ4n) is 3.22. The van der Waals surface area contributed by atoms with E-state index in [1.165, 1.54) is 0 Å². The summed E-state index contributed by atoms with van der Waals surface area (Å²) in [6.07, 6.45) is 0.997. The Morgan fingerprint density at radius 2 is 1.93 bits per heavy atom. The van der Waals surface area contributed by atoms with Gasteiger partial charge in [-0.05, 0) is 48.9 Å². The van der Waals surface area contributed by atoms with Gasteiger partial charge in [-0.2, -0.15) is 0 Å². The van der Waals surface area contributed by atoms with Crippen LogP contribution in [0.2, 0.25) is 0 Å². The van der Waals surface area contributed by atoms with Crippen LogP contribution in [-0.2, 0) is 9.59 Å². The van der Waals surface area contributed by atoms with Crippen molar-refractivity contribution in [1.82, 2.24) is 5.32 Å². The number of nitrogens with one attached hydrogen (secondary N) is 2. The number of rotatable bonds is 7. The van der Waals surface area contributed by atoms with Crippen molar-refractivity contribution < 1.29 is 19.1 Å². The van der Waals surface area contributed by atoms with E-state index in [1.54, 1.807) is 60.5 Å². The molecular weight excluding hydrogens is 370 g/mol. The third-order valence-electron chi connectivity index (χ3n) is 4.81. The molecule has 1 aliphatic heterocycles. The van der Waals surface area contributed by atoms with E-state index in [2.05, 4.69) is 10.6 Å². The van der Waals surface area contributed by atoms with Crippen LogP contribution in [0.15, 0.2) is 48.5 Å². The van der Waals surface area contributed by atoms with Crippen LogP contribution >= 0.6 is 0 Å². The molecule has 0 aliphatic carbocycles. The maximum absolute atomic E-state index is 12.7. The van der Waals surface area contributed by atoms with Crippen LogP contribution < -0.4 is 20.3 Å². The summed E-state index contributed by atoms with van der Waals surface area (Å²) in [6.45, 7) is 2.89. The van der Waals surface area contributed by atoms with Gasteiger partial charge >= 0.3 is 0 Å². The second kappa shape index (κ2) is 9.23. The average Bonchev–Trinajstić information content (AvgIpc) is 3.14. The first-order valence-electron chi connectivity index (χ1n) is 9.65. The molecule has 0 radical (unpaired) electrons. The third kappa shape index (κ3) is 4.93. The first-order chi connectivity index (χ1) is 14.0. The van der Waals surface area contributed by atoms with E-state index in [0.29, 0.717) is 30.1 Å². The number of ether oxygens (including phenoxy) is 1. The molecule has 2 aromatic carbocycles. The molecule has 2 aromatic rings. The van der Waals surface area contributed by atoms with Crippen molar-refractivity contribution in [2.45, 2.75) is 19.8 Å². The molecule has 0 aromatic heterocycles. The van der Waals surface area contributed by atoms with Gasteiger partial charge in [0.15, 0.2) is 0 Å². The Kier molecular flexibility index (Phi) is 6.49. The number of nitrogens with zero attached hydrogens (tertiary/aromatic N) is 1. The fourth-order valence-corrected chi connectivity index (χ4v) is 3.22. The lowest BCUT2D eigenvalue weighted by atomic mass is 10.1. The van der Waals surface area contributed by atoms with E-state index in [0.717, 1.165) is 12.1 Å². The van der Waals surface area contributed by atoms with Gasteiger partial charge in [0.05, 0.1) is 13.0 Å². The largest absolute Gasteiger partial charge is 0.497 e. The number of amides is 3. The molecule has 1 saturated heterocycles. The number of anilines is 2. The van der Waals surface area contributed by atoms with E-state index in [4.69, 9.17) is 4.74 Å². The average molecular weight is 395 g/mol. The minimum atomic E-state index is -0.456. The maximum Gasteiger partial charge on any atom is 0.251 e. The van der Waals surface area contributed by atoms with E-state index in [1.807, 2.05) is 6.92 Å². The topological polar surface area (TPSA) is 87.7 Å². The highest BCUT2D eigenvalue weighted by Gasteiger charge is 2.35. The number of methoxy groups -OCH3 is 1. The highest BCUT2D eigenvalue weighted by atomic mass is 16.5. The van der Waals surface area contributed by atoms with Gasteiger partial charge in [-0.1, -0.05) is 13.0 Å². The van der Waals surface area contributed by atoms with Crippen molar-refractivity contribution in [2.75, 3.05) is 30.4 Å². The van der Waals surface area contributed by atoms with Crippen LogP contribution in [0, 0.1) is 5.92 Å². The molecule has 29 heavy (non-hydrogen) atoms. The normalized spacial score (nSPS) is 15.9. The summed E-state index contributed by atoms with van der Waals surface area (Å²) in [5.74, 6) is -0.257. The van der Waals surface area contributed by atoms with Crippen molar-refractivity contribution in [3.8, 4) is 5.75 Å². The molecule has 0 saturated carbocycles. The molecule has 3 amide bonds. The van der Waals surface area contributed by atoms with Crippen molar-refractivity contribution >= 4 is 29.1 Å². The van der Waals surface area contributed by atoms with Gasteiger partial charge in [-0.15, -0.1) is 0 Å². The quantitative estimate of drug-likeness (QED) is 0.755. The summed E-state index contributed by atoms with van der Waals surface area (Å²) < 4.78 is 5.14. The molecule has 3 rings (SSSR count). The lowest BCUT2D eigenvalue weighted by Crippen LogP contribution is -2.28. The predicted molar refractivity (Wildman–Crippen MR) is 111 cm³/mol. The predicted octanol–water partition coefficient (Wildman–Crippen LogP) is 2.83. The monoisotopic (exact) mass is 395 g/mol. The van der Waals surface area contributed by atoms with E-state index in [9.17, 15) is 14.4 Å². The van der Waals surface area contributed by atoms with Gasteiger partial charge in [0, 0.05) is 36.4 Å². The third-order valence-corrected chi connectivity index (χ3v) is 4.81. The molecule has 1 unspecified atom stereocenters. The number of carbonyl (C=O) groups is 3. The maximum atomic E-state index is 12.7. The molecule has 1 fully saturated rings. The Hall–Kier alpha value is -3.35. The van der Waals surface area contributed by atoms with Gasteiger partial charge in [-0.25, -0.2) is 0 Å². The highest BCUT2D eigenvalue weighted by molar-refractivity contribution is 6.04. The smallest absolute Gasteiger partial charge is 0.251 e. The van der Waals surface area contributed by atoms with Gasteiger partial charge < -0.3 is 20.3 Å². The minimum absolute atomic E-state index is 0.0944. The first-order valence-corrected chi connectivity index (χ1v) is 9.65. The van der Waals surface area contributed by atoms with Gasteiger partial charge in [0.25, 0.3) is 5.91 Å². The molecule has 1 atom stereocenters. The van der Waals surface area contributed by atoms with E-state index in [-0.39, 0.29) is 24.1 Å². The standard InChI is InChI=1S/C22H25N3O4/c1-3-11-23-21(27)15-5-4-6-17(12-15)24-22(28)16-13-20(26)25(14-16)18-7-9-19(29-2)10-8-18/h4-10,12,16H,3,11,13-14H2,1-2H3,(H,23,27)(H,24,28). The fraction of sp³-hybridized carbons (Fsp3) is 0.318. The number of hydrogen-bond donors (Lipinski definition) is 2. The van der Waals surface area contributed by atoms with Crippen molar-refractivity contribution in [3.63, 3.8) is 0 Å². The Labute approximate surface area is 170 Å². The molecule has 0 bridgehead atoms. The van der Waals surface area contributed by atoms with Crippen LogP contribution in [0.1, 0.15) is 30.1 Å². The zero-order valence-electron chi connectivity index (χ0n) is 16.6. The lowest BCUT2D eigenvalue weighted by Gasteiger charge is -2.17. The van der Waals surface area contributed by atoms with Crippen molar-refractivity contribution in [3.05, 3.63) is 54.1 Å². The second-order valence-electron chi connectivity index (χ2n) is 6.93. The number of hydrogen-bond acceptors (Lipinski definition) is 4. The molecular formula is C22H25N3O4. The van der Waals surface area contributed by atoms with Gasteiger partial charge in [0.2, 0.25) is 11.8 Å². The van der Waals surface area contributed by atoms with E-state index >= 15 is 0 Å². The second-order valence-corrected chi connectivity index (χ2v) is 6.93. The summed E-state index contributed by atoms with van der Waals surface area (Å²) in [5.41, 5.74) is 1.76. The number of benzene rings is 2. The van der Waals surface area contributed by atoms with Crippen LogP contribution in [-0.4, -0.2) is 37.9 Å². The molecule has 7 nitrogen and oxygen atoms in total. The van der Waals surface area contributed by atoms with Gasteiger partial charge in [-0.3, -0.25) is 14.4 Å². The summed E-state index contributed by atoms with van der Waals surface area (Å²) >= 11 is 0. The summed E-state index contributed by atoms with van der Waals surface area (Å²) in [5, 5.41) is 5.64. The van der Waals surface area contributed by atoms with Crippen LogP contribution in [0.4, 0.5) is 11.4 Å². The van der Waals surface area contributed by atoms with Crippen LogP contribution in [0.5, 0.6) is 5.75 Å². The Balaban J connectivity index is 1.64. The summed E-state index contributed by atoms with van der Waals surface area (Å²) in [7, 11) is 1.58. The van der Waals surface area contributed by atoms with Gasteiger partial charge in [0.1, 0.15) is 5.75 Å². The molecule has 1 aliphatic rings. The Bertz CT molecular complexity index is 895. The SMILES string of the molecule is CCCNC(=O)c1cccc(NC(=O)C2CC(=O)N(c3ccc(OC)cc3)C2)c1. The minimum Gasteiger partial charge on any atom is -0.497 e.